The van der Waals surface area contributed by atoms with Crippen molar-refractivity contribution in [3.63, 3.8) is 0 Å². The summed E-state index contributed by atoms with van der Waals surface area (Å²) < 4.78 is 16.1. The van der Waals surface area contributed by atoms with Crippen molar-refractivity contribution in [1.29, 1.82) is 0 Å². The Morgan fingerprint density at radius 3 is 2.59 bits per heavy atom. The number of aromatic nitrogens is 3. The molecule has 1 amide bonds. The number of carbonyl (C=O) groups excluding carboxylic acids is 1. The molecule has 0 saturated heterocycles. The highest BCUT2D eigenvalue weighted by molar-refractivity contribution is 6.34. The number of nitrogens with one attached hydrogen (secondary N) is 2. The van der Waals surface area contributed by atoms with E-state index in [9.17, 15) is 14.0 Å². The third kappa shape index (κ3) is 5.72. The van der Waals surface area contributed by atoms with Crippen LogP contribution in [0.3, 0.4) is 0 Å². The van der Waals surface area contributed by atoms with Crippen LogP contribution < -0.4 is 11.0 Å². The predicted octanol–water partition coefficient (Wildman–Crippen LogP) is 5.75. The van der Waals surface area contributed by atoms with Gasteiger partial charge in [0.2, 0.25) is 5.91 Å². The standard InChI is InChI=1S/C27H18Cl3FN4O2/c28-19-7-10-21(29)18(13-19)4-1-15-2-8-20(23(31)11-15)25-33-27(37)35(34-25)24-12-16(3-9-22(24)30)14-32-26(36)17-5-6-17/h2-3,7-13,17H,5-6,14H2,(H,32,36)(H,33,34,37). The van der Waals surface area contributed by atoms with E-state index >= 15 is 0 Å². The second-order valence-electron chi connectivity index (χ2n) is 8.54. The maximum Gasteiger partial charge on any atom is 0.348 e. The quantitative estimate of drug-likeness (QED) is 0.308. The smallest absolute Gasteiger partial charge is 0.348 e. The monoisotopic (exact) mass is 554 g/mol. The van der Waals surface area contributed by atoms with Gasteiger partial charge in [0.25, 0.3) is 0 Å². The van der Waals surface area contributed by atoms with E-state index in [0.717, 1.165) is 23.1 Å². The molecule has 2 N–H and O–H groups in total. The van der Waals surface area contributed by atoms with Gasteiger partial charge < -0.3 is 5.32 Å². The van der Waals surface area contributed by atoms with Crippen molar-refractivity contribution in [2.45, 2.75) is 19.4 Å². The normalized spacial score (nSPS) is 12.6. The van der Waals surface area contributed by atoms with Crippen LogP contribution in [0.5, 0.6) is 0 Å². The maximum atomic E-state index is 15.0. The zero-order valence-electron chi connectivity index (χ0n) is 19.1. The van der Waals surface area contributed by atoms with Gasteiger partial charge in [0.15, 0.2) is 5.82 Å². The van der Waals surface area contributed by atoms with Gasteiger partial charge in [0.1, 0.15) is 5.82 Å². The Balaban J connectivity index is 1.40. The molecule has 1 aliphatic rings. The molecule has 1 aliphatic carbocycles. The van der Waals surface area contributed by atoms with Gasteiger partial charge in [0.05, 0.1) is 21.3 Å². The Morgan fingerprint density at radius 1 is 1.05 bits per heavy atom. The van der Waals surface area contributed by atoms with E-state index in [1.54, 1.807) is 42.5 Å². The SMILES string of the molecule is O=C(NCc1ccc(Cl)c(-n2nc(-c3ccc(C#Cc4cc(Cl)ccc4Cl)cc3F)[nH]c2=O)c1)C1CC1. The molecule has 5 rings (SSSR count). The number of rotatable bonds is 5. The van der Waals surface area contributed by atoms with E-state index in [1.165, 1.54) is 12.1 Å². The number of aromatic amines is 1. The van der Waals surface area contributed by atoms with E-state index < -0.39 is 11.5 Å². The third-order valence-corrected chi connectivity index (χ3v) is 6.65. The van der Waals surface area contributed by atoms with Crippen LogP contribution >= 0.6 is 34.8 Å². The van der Waals surface area contributed by atoms with Crippen LogP contribution in [0, 0.1) is 23.6 Å². The summed E-state index contributed by atoms with van der Waals surface area (Å²) in [6, 6.07) is 14.3. The van der Waals surface area contributed by atoms with Crippen molar-refractivity contribution < 1.29 is 9.18 Å². The molecule has 4 aromatic rings. The zero-order chi connectivity index (χ0) is 26.1. The summed E-state index contributed by atoms with van der Waals surface area (Å²) in [6.07, 6.45) is 1.81. The van der Waals surface area contributed by atoms with Crippen molar-refractivity contribution in [2.24, 2.45) is 5.92 Å². The molecule has 1 saturated carbocycles. The summed E-state index contributed by atoms with van der Waals surface area (Å²) >= 11 is 18.4. The topological polar surface area (TPSA) is 79.8 Å². The summed E-state index contributed by atoms with van der Waals surface area (Å²) in [5.41, 5.74) is 1.49. The molecule has 1 heterocycles. The van der Waals surface area contributed by atoms with Crippen LogP contribution in [0.2, 0.25) is 15.1 Å². The largest absolute Gasteiger partial charge is 0.352 e. The number of hydrogen-bond acceptors (Lipinski definition) is 3. The molecule has 37 heavy (non-hydrogen) atoms. The third-order valence-electron chi connectivity index (χ3n) is 5.77. The minimum absolute atomic E-state index is 0.00926. The molecule has 186 valence electrons. The molecule has 0 atom stereocenters. The number of amides is 1. The van der Waals surface area contributed by atoms with E-state index in [1.807, 2.05) is 0 Å². The average molecular weight is 556 g/mol. The highest BCUT2D eigenvalue weighted by Gasteiger charge is 2.29. The van der Waals surface area contributed by atoms with Gasteiger partial charge in [-0.1, -0.05) is 52.7 Å². The molecule has 0 bridgehead atoms. The fourth-order valence-corrected chi connectivity index (χ4v) is 4.17. The average Bonchev–Trinajstić information content (AvgIpc) is 3.66. The second-order valence-corrected chi connectivity index (χ2v) is 9.79. The van der Waals surface area contributed by atoms with Crippen LogP contribution in [0.15, 0.2) is 59.4 Å². The Morgan fingerprint density at radius 2 is 1.84 bits per heavy atom. The van der Waals surface area contributed by atoms with Gasteiger partial charge in [-0.2, -0.15) is 4.68 Å². The molecule has 0 aliphatic heterocycles. The molecule has 0 spiro atoms. The molecular formula is C27H18Cl3FN4O2. The van der Waals surface area contributed by atoms with Crippen molar-refractivity contribution in [3.05, 3.63) is 103 Å². The highest BCUT2D eigenvalue weighted by atomic mass is 35.5. The zero-order valence-corrected chi connectivity index (χ0v) is 21.4. The molecule has 0 unspecified atom stereocenters. The summed E-state index contributed by atoms with van der Waals surface area (Å²) in [6.45, 7) is 0.295. The van der Waals surface area contributed by atoms with Crippen LogP contribution in [-0.4, -0.2) is 20.7 Å². The van der Waals surface area contributed by atoms with Crippen molar-refractivity contribution in [2.75, 3.05) is 0 Å². The minimum Gasteiger partial charge on any atom is -0.352 e. The van der Waals surface area contributed by atoms with Gasteiger partial charge in [0, 0.05) is 28.6 Å². The van der Waals surface area contributed by atoms with Crippen LogP contribution in [0.1, 0.15) is 29.5 Å². The number of benzene rings is 3. The number of H-pyrrole nitrogens is 1. The summed E-state index contributed by atoms with van der Waals surface area (Å²) in [7, 11) is 0. The Bertz CT molecular complexity index is 1650. The first kappa shape index (κ1) is 25.1. The Kier molecular flexibility index (Phi) is 7.07. The van der Waals surface area contributed by atoms with Gasteiger partial charge >= 0.3 is 5.69 Å². The fraction of sp³-hybridized carbons (Fsp3) is 0.148. The number of hydrogen-bond donors (Lipinski definition) is 2. The summed E-state index contributed by atoms with van der Waals surface area (Å²) in [4.78, 5) is 27.2. The van der Waals surface area contributed by atoms with Crippen molar-refractivity contribution >= 4 is 40.7 Å². The molecule has 6 nitrogen and oxygen atoms in total. The van der Waals surface area contributed by atoms with Gasteiger partial charge in [-0.3, -0.25) is 9.78 Å². The summed E-state index contributed by atoms with van der Waals surface area (Å²) in [5, 5.41) is 8.34. The lowest BCUT2D eigenvalue weighted by atomic mass is 10.1. The van der Waals surface area contributed by atoms with Gasteiger partial charge in [-0.05, 0) is 66.9 Å². The van der Waals surface area contributed by atoms with E-state index in [4.69, 9.17) is 34.8 Å². The predicted molar refractivity (Wildman–Crippen MR) is 142 cm³/mol. The maximum absolute atomic E-state index is 15.0. The summed E-state index contributed by atoms with van der Waals surface area (Å²) in [5.74, 6) is 5.25. The molecule has 10 heteroatoms. The van der Waals surface area contributed by atoms with Crippen LogP contribution in [0.4, 0.5) is 4.39 Å². The van der Waals surface area contributed by atoms with E-state index in [0.29, 0.717) is 33.4 Å². The lowest BCUT2D eigenvalue weighted by molar-refractivity contribution is -0.122. The van der Waals surface area contributed by atoms with Gasteiger partial charge in [-0.15, -0.1) is 5.10 Å². The molecule has 0 radical (unpaired) electrons. The second kappa shape index (κ2) is 10.4. The van der Waals surface area contributed by atoms with Gasteiger partial charge in [-0.25, -0.2) is 9.18 Å². The van der Waals surface area contributed by atoms with Crippen LogP contribution in [-0.2, 0) is 11.3 Å². The Labute approximate surface area is 226 Å². The first-order chi connectivity index (χ1) is 17.8. The van der Waals surface area contributed by atoms with Crippen LogP contribution in [0.25, 0.3) is 17.1 Å². The lowest BCUT2D eigenvalue weighted by Crippen LogP contribution is -2.24. The minimum atomic E-state index is -0.618. The Hall–Kier alpha value is -3.57. The first-order valence-corrected chi connectivity index (χ1v) is 12.4. The van der Waals surface area contributed by atoms with E-state index in [-0.39, 0.29) is 28.2 Å². The van der Waals surface area contributed by atoms with Crippen molar-refractivity contribution in [1.82, 2.24) is 20.1 Å². The highest BCUT2D eigenvalue weighted by Crippen LogP contribution is 2.29. The van der Waals surface area contributed by atoms with Crippen molar-refractivity contribution in [3.8, 4) is 28.9 Å². The van der Waals surface area contributed by atoms with E-state index in [2.05, 4.69) is 27.2 Å². The number of carbonyl (C=O) groups is 1. The molecule has 1 fully saturated rings. The molecular weight excluding hydrogens is 538 g/mol. The molecule has 3 aromatic carbocycles. The fourth-order valence-electron chi connectivity index (χ4n) is 3.64. The molecule has 1 aromatic heterocycles. The number of halogens is 4. The number of nitrogens with zero attached hydrogens (tertiary/aromatic N) is 2. The first-order valence-electron chi connectivity index (χ1n) is 11.3. The lowest BCUT2D eigenvalue weighted by Gasteiger charge is -2.08.